The summed E-state index contributed by atoms with van der Waals surface area (Å²) in [7, 11) is -4.30. The number of allylic oxidation sites excluding steroid dienone is 2. The average Bonchev–Trinajstić information content (AvgIpc) is 3.67. The molecule has 1 aromatic heterocycles. The van der Waals surface area contributed by atoms with Crippen molar-refractivity contribution in [2.75, 3.05) is 33.0 Å². The van der Waals surface area contributed by atoms with Gasteiger partial charge in [-0.3, -0.25) is 18.4 Å². The zero-order valence-corrected chi connectivity index (χ0v) is 30.9. The Labute approximate surface area is 314 Å². The highest BCUT2D eigenvalue weighted by Gasteiger charge is 2.46. The molecule has 6 rings (SSSR count). The van der Waals surface area contributed by atoms with Crippen molar-refractivity contribution in [2.24, 2.45) is 0 Å². The van der Waals surface area contributed by atoms with Gasteiger partial charge in [0.1, 0.15) is 30.1 Å². The van der Waals surface area contributed by atoms with E-state index in [0.29, 0.717) is 11.6 Å². The Bertz CT molecular complexity index is 1950. The number of nitriles is 1. The van der Waals surface area contributed by atoms with Crippen LogP contribution in [0, 0.1) is 23.0 Å². The quantitative estimate of drug-likeness (QED) is 0.139. The number of thioether (sulfide) groups is 1. The van der Waals surface area contributed by atoms with Crippen molar-refractivity contribution >= 4 is 37.5 Å². The van der Waals surface area contributed by atoms with E-state index in [1.807, 2.05) is 6.07 Å². The summed E-state index contributed by atoms with van der Waals surface area (Å²) in [4.78, 5) is 17.6. The van der Waals surface area contributed by atoms with Gasteiger partial charge in [0.25, 0.3) is 0 Å². The molecule has 1 fully saturated rings. The smallest absolute Gasteiger partial charge is 0.451 e. The monoisotopic (exact) mass is 786 g/mol. The molecule has 286 valence electrons. The topological polar surface area (TPSA) is 144 Å². The number of carbonyl (C=O) groups excluding carboxylic acids is 1. The number of benzene rings is 2. The Morgan fingerprint density at radius 3 is 2.70 bits per heavy atom. The number of hydrogen-bond acceptors (Lipinski definition) is 12. The number of halogens is 3. The molecule has 0 spiro atoms. The summed E-state index contributed by atoms with van der Waals surface area (Å²) >= 11 is 1.33. The molecule has 12 nitrogen and oxygen atoms in total. The fraction of sp³-hybridized carbons (Fsp3) is 0.351. The summed E-state index contributed by atoms with van der Waals surface area (Å²) in [5, 5.41) is 12.6. The second kappa shape index (κ2) is 19.3. The molecule has 17 heteroatoms. The van der Waals surface area contributed by atoms with E-state index in [1.54, 1.807) is 43.4 Å². The number of ether oxygens (including phenoxy) is 3. The van der Waals surface area contributed by atoms with E-state index in [1.165, 1.54) is 47.3 Å². The van der Waals surface area contributed by atoms with Crippen LogP contribution in [0.15, 0.2) is 86.0 Å². The Hall–Kier alpha value is -4.33. The van der Waals surface area contributed by atoms with Crippen LogP contribution in [0.2, 0.25) is 0 Å². The lowest BCUT2D eigenvalue weighted by Crippen LogP contribution is -2.47. The summed E-state index contributed by atoms with van der Waals surface area (Å²) in [6.07, 6.45) is 10.6. The highest BCUT2D eigenvalue weighted by Crippen LogP contribution is 2.50. The van der Waals surface area contributed by atoms with Crippen molar-refractivity contribution < 1.29 is 50.3 Å². The van der Waals surface area contributed by atoms with Crippen molar-refractivity contribution in [1.82, 2.24) is 14.8 Å². The third kappa shape index (κ3) is 10.9. The number of rotatable bonds is 6. The van der Waals surface area contributed by atoms with E-state index in [9.17, 15) is 19.0 Å². The minimum Gasteiger partial charge on any atom is -0.451 e. The number of fused-ring (bicyclic) bond motifs is 15. The first-order valence-corrected chi connectivity index (χ1v) is 19.2. The molecular formula is C37H38F3N4O8PS. The summed E-state index contributed by atoms with van der Waals surface area (Å²) in [5.41, 5.74) is -1.06. The first kappa shape index (κ1) is 40.8. The van der Waals surface area contributed by atoms with Crippen LogP contribution < -0.4 is 0 Å². The lowest BCUT2D eigenvalue weighted by Gasteiger charge is -2.40. The van der Waals surface area contributed by atoms with Crippen molar-refractivity contribution in [1.29, 1.82) is 5.26 Å². The van der Waals surface area contributed by atoms with Crippen LogP contribution in [-0.4, -0.2) is 70.6 Å². The predicted molar refractivity (Wildman–Crippen MR) is 194 cm³/mol. The van der Waals surface area contributed by atoms with Gasteiger partial charge in [0.05, 0.1) is 56.5 Å². The molecule has 0 amide bonds. The van der Waals surface area contributed by atoms with Crippen molar-refractivity contribution in [2.45, 2.75) is 48.7 Å². The second-order valence-corrected chi connectivity index (χ2v) is 15.3. The van der Waals surface area contributed by atoms with Gasteiger partial charge >= 0.3 is 13.8 Å². The SMILES string of the molecule is C=CCOP1(=O)OC/C=C(/F)c2cc(C#N)ccc2/C=C/C=C/[C@H]2OC[C@@H](CO2)S[C@H](C)[C@](Cn2cncn2)(c2ccc(F)cc2F)OC(=O)CCCO1. The maximum atomic E-state index is 15.7. The molecule has 3 aliphatic rings. The number of esters is 1. The van der Waals surface area contributed by atoms with Crippen LogP contribution in [-0.2, 0) is 49.3 Å². The van der Waals surface area contributed by atoms with Crippen molar-refractivity contribution in [3.05, 3.63) is 120 Å². The highest BCUT2D eigenvalue weighted by atomic mass is 32.2. The first-order chi connectivity index (χ1) is 26.0. The van der Waals surface area contributed by atoms with Gasteiger partial charge in [0.15, 0.2) is 11.9 Å². The van der Waals surface area contributed by atoms with Crippen LogP contribution in [0.3, 0.4) is 0 Å². The Balaban J connectivity index is 1.47. The minimum absolute atomic E-state index is 0.0451. The van der Waals surface area contributed by atoms with Gasteiger partial charge in [-0.1, -0.05) is 30.4 Å². The summed E-state index contributed by atoms with van der Waals surface area (Å²) in [6, 6.07) is 9.51. The summed E-state index contributed by atoms with van der Waals surface area (Å²) in [6.45, 7) is 4.47. The predicted octanol–water partition coefficient (Wildman–Crippen LogP) is 7.45. The molecule has 0 aliphatic carbocycles. The largest absolute Gasteiger partial charge is 0.475 e. The molecule has 0 radical (unpaired) electrons. The molecule has 1 saturated heterocycles. The highest BCUT2D eigenvalue weighted by molar-refractivity contribution is 8.00. The zero-order chi connectivity index (χ0) is 38.6. The Morgan fingerprint density at radius 2 is 1.98 bits per heavy atom. The van der Waals surface area contributed by atoms with Gasteiger partial charge in [-0.25, -0.2) is 27.4 Å². The normalized spacial score (nSPS) is 28.3. The number of aromatic nitrogens is 3. The molecule has 54 heavy (non-hydrogen) atoms. The maximum Gasteiger partial charge on any atom is 0.475 e. The number of nitrogens with zero attached hydrogens (tertiary/aromatic N) is 4. The number of hydrogen-bond donors (Lipinski definition) is 0. The van der Waals surface area contributed by atoms with Gasteiger partial charge in [-0.05, 0) is 55.3 Å². The average molecular weight is 787 g/mol. The molecule has 0 saturated carbocycles. The Morgan fingerprint density at radius 1 is 1.17 bits per heavy atom. The van der Waals surface area contributed by atoms with Crippen LogP contribution >= 0.6 is 19.6 Å². The molecule has 3 atom stereocenters. The van der Waals surface area contributed by atoms with Crippen LogP contribution in [0.1, 0.15) is 42.0 Å². The van der Waals surface area contributed by atoms with E-state index in [0.717, 1.165) is 12.1 Å². The number of phosphoric ester groups is 1. The fourth-order valence-electron chi connectivity index (χ4n) is 5.59. The fourth-order valence-corrected chi connectivity index (χ4v) is 8.07. The van der Waals surface area contributed by atoms with Gasteiger partial charge in [0, 0.05) is 28.9 Å². The van der Waals surface area contributed by atoms with Crippen LogP contribution in [0.5, 0.6) is 0 Å². The molecule has 4 heterocycles. The minimum atomic E-state index is -4.30. The third-order valence-corrected chi connectivity index (χ3v) is 11.1. The molecule has 3 aliphatic heterocycles. The molecule has 2 bridgehead atoms. The molecular weight excluding hydrogens is 748 g/mol. The van der Waals surface area contributed by atoms with Gasteiger partial charge in [0.2, 0.25) is 0 Å². The number of phosphoric acid groups is 1. The molecule has 3 aromatic rings. The van der Waals surface area contributed by atoms with Crippen LogP contribution in [0.25, 0.3) is 11.9 Å². The third-order valence-electron chi connectivity index (χ3n) is 8.21. The van der Waals surface area contributed by atoms with Crippen LogP contribution in [0.4, 0.5) is 13.2 Å². The van der Waals surface area contributed by atoms with Gasteiger partial charge in [-0.2, -0.15) is 10.4 Å². The molecule has 0 N–H and O–H groups in total. The van der Waals surface area contributed by atoms with Gasteiger partial charge in [-0.15, -0.1) is 18.3 Å². The standard InChI is InChI=1S/C37H38F3N4O8PS/c1-3-15-49-53(46)50-16-6-8-35(45)52-37(23-44-25-42-24-43-44,32-13-12-29(38)19-34(32)40)26(2)54-30-21-47-36(48-22-30)9-5-4-7-28-11-10-27(20-41)18-31(28)33(39)14-17-51-53/h3-5,7,9-14,18-19,24-26,30,36H,1,6,8,15-17,21-23H2,2H3/b7-4+,9-5+,33-14+/t26-,30-,36-,37-,53?/m1/s1. The summed E-state index contributed by atoms with van der Waals surface area (Å²) in [5.74, 6) is -3.28. The molecule has 2 aromatic carbocycles. The van der Waals surface area contributed by atoms with Gasteiger partial charge < -0.3 is 14.2 Å². The number of carbonyl (C=O) groups is 1. The zero-order valence-electron chi connectivity index (χ0n) is 29.2. The first-order valence-electron chi connectivity index (χ1n) is 16.8. The lowest BCUT2D eigenvalue weighted by atomic mass is 9.89. The van der Waals surface area contributed by atoms with E-state index < -0.39 is 55.0 Å². The van der Waals surface area contributed by atoms with E-state index in [-0.39, 0.29) is 67.8 Å². The maximum absolute atomic E-state index is 15.7. The molecule has 1 unspecified atom stereocenters. The van der Waals surface area contributed by atoms with Crippen molar-refractivity contribution in [3.8, 4) is 6.07 Å². The second-order valence-electron chi connectivity index (χ2n) is 12.0. The van der Waals surface area contributed by atoms with Crippen molar-refractivity contribution in [3.63, 3.8) is 0 Å². The lowest BCUT2D eigenvalue weighted by molar-refractivity contribution is -0.164. The van der Waals surface area contributed by atoms with E-state index in [2.05, 4.69) is 16.7 Å². The van der Waals surface area contributed by atoms with E-state index >= 15 is 8.78 Å². The summed E-state index contributed by atoms with van der Waals surface area (Å²) < 4.78 is 94.3. The Kier molecular flexibility index (Phi) is 14.6. The van der Waals surface area contributed by atoms with E-state index in [4.69, 9.17) is 27.8 Å².